The highest BCUT2D eigenvalue weighted by Crippen LogP contribution is 2.21. The molecular weight excluding hydrogens is 220 g/mol. The molecule has 1 N–H and O–H groups in total. The Morgan fingerprint density at radius 3 is 2.61 bits per heavy atom. The molecule has 2 rings (SSSR count). The molecule has 0 aromatic heterocycles. The van der Waals surface area contributed by atoms with Crippen LogP contribution in [0.3, 0.4) is 0 Å². The zero-order valence-electron chi connectivity index (χ0n) is 11.8. The molecule has 0 spiro atoms. The molecule has 1 heterocycles. The van der Waals surface area contributed by atoms with E-state index in [1.54, 1.807) is 0 Å². The average molecular weight is 246 g/mol. The van der Waals surface area contributed by atoms with E-state index in [1.807, 2.05) is 0 Å². The first kappa shape index (κ1) is 13.4. The Bertz CT molecular complexity index is 345. The van der Waals surface area contributed by atoms with Crippen molar-refractivity contribution in [2.75, 3.05) is 24.5 Å². The van der Waals surface area contributed by atoms with Gasteiger partial charge in [0.15, 0.2) is 0 Å². The Labute approximate surface area is 111 Å². The highest BCUT2D eigenvalue weighted by atomic mass is 15.2. The van der Waals surface area contributed by atoms with E-state index in [1.165, 1.54) is 43.5 Å². The zero-order chi connectivity index (χ0) is 12.8. The zero-order valence-corrected chi connectivity index (χ0v) is 11.8. The van der Waals surface area contributed by atoms with Gasteiger partial charge in [0, 0.05) is 24.8 Å². The highest BCUT2D eigenvalue weighted by molar-refractivity contribution is 5.48. The highest BCUT2D eigenvalue weighted by Gasteiger charge is 2.21. The third-order valence-corrected chi connectivity index (χ3v) is 3.71. The summed E-state index contributed by atoms with van der Waals surface area (Å²) in [6, 6.07) is 9.82. The molecule has 0 aliphatic carbocycles. The van der Waals surface area contributed by atoms with Gasteiger partial charge in [-0.1, -0.05) is 32.4 Å². The van der Waals surface area contributed by atoms with Crippen LogP contribution in [0.4, 0.5) is 5.69 Å². The second-order valence-corrected chi connectivity index (χ2v) is 5.30. The number of hydrogen-bond donors (Lipinski definition) is 1. The lowest BCUT2D eigenvalue weighted by Gasteiger charge is -2.19. The van der Waals surface area contributed by atoms with Gasteiger partial charge in [-0.05, 0) is 43.5 Å². The van der Waals surface area contributed by atoms with Crippen LogP contribution in [0.15, 0.2) is 24.3 Å². The molecule has 2 nitrogen and oxygen atoms in total. The summed E-state index contributed by atoms with van der Waals surface area (Å²) >= 11 is 0. The molecule has 1 aliphatic heterocycles. The SMILES string of the molecule is CCCNC1CCN(c2ccc(CCC)cc2)C1. The molecule has 18 heavy (non-hydrogen) atoms. The van der Waals surface area contributed by atoms with Crippen LogP contribution < -0.4 is 10.2 Å². The lowest BCUT2D eigenvalue weighted by molar-refractivity contribution is 0.549. The van der Waals surface area contributed by atoms with Gasteiger partial charge in [-0.15, -0.1) is 0 Å². The lowest BCUT2D eigenvalue weighted by Crippen LogP contribution is -2.32. The summed E-state index contributed by atoms with van der Waals surface area (Å²) in [5.74, 6) is 0. The average Bonchev–Trinajstić information content (AvgIpc) is 2.86. The van der Waals surface area contributed by atoms with Crippen molar-refractivity contribution in [3.05, 3.63) is 29.8 Å². The van der Waals surface area contributed by atoms with Gasteiger partial charge in [-0.25, -0.2) is 0 Å². The quantitative estimate of drug-likeness (QED) is 0.829. The fourth-order valence-electron chi connectivity index (χ4n) is 2.67. The Morgan fingerprint density at radius 1 is 1.17 bits per heavy atom. The summed E-state index contributed by atoms with van der Waals surface area (Å²) in [6.07, 6.45) is 4.92. The maximum atomic E-state index is 3.62. The maximum absolute atomic E-state index is 3.62. The van der Waals surface area contributed by atoms with Crippen molar-refractivity contribution in [1.29, 1.82) is 0 Å². The van der Waals surface area contributed by atoms with Crippen LogP contribution in [0, 0.1) is 0 Å². The van der Waals surface area contributed by atoms with Gasteiger partial charge in [-0.3, -0.25) is 0 Å². The van der Waals surface area contributed by atoms with E-state index in [0.717, 1.165) is 13.1 Å². The fraction of sp³-hybridized carbons (Fsp3) is 0.625. The summed E-state index contributed by atoms with van der Waals surface area (Å²) in [6.45, 7) is 7.96. The van der Waals surface area contributed by atoms with Gasteiger partial charge in [0.1, 0.15) is 0 Å². The molecule has 0 saturated carbocycles. The van der Waals surface area contributed by atoms with Crippen LogP contribution in [0.1, 0.15) is 38.7 Å². The molecule has 1 unspecified atom stereocenters. The van der Waals surface area contributed by atoms with Crippen LogP contribution in [0.2, 0.25) is 0 Å². The normalized spacial score (nSPS) is 19.4. The molecule has 1 aromatic rings. The minimum absolute atomic E-state index is 0.681. The molecule has 0 bridgehead atoms. The van der Waals surface area contributed by atoms with Gasteiger partial charge >= 0.3 is 0 Å². The monoisotopic (exact) mass is 246 g/mol. The standard InChI is InChI=1S/C16H26N2/c1-3-5-14-6-8-16(9-7-14)18-12-10-15(13-18)17-11-4-2/h6-9,15,17H,3-5,10-13H2,1-2H3. The van der Waals surface area contributed by atoms with Gasteiger partial charge in [0.2, 0.25) is 0 Å². The molecule has 1 atom stereocenters. The van der Waals surface area contributed by atoms with Crippen LogP contribution in [-0.4, -0.2) is 25.7 Å². The van der Waals surface area contributed by atoms with E-state index < -0.39 is 0 Å². The van der Waals surface area contributed by atoms with Crippen LogP contribution in [0.5, 0.6) is 0 Å². The predicted octanol–water partition coefficient (Wildman–Crippen LogP) is 3.22. The molecule has 1 fully saturated rings. The molecule has 1 saturated heterocycles. The number of aryl methyl sites for hydroxylation is 1. The molecule has 1 aliphatic rings. The number of hydrogen-bond acceptors (Lipinski definition) is 2. The van der Waals surface area contributed by atoms with Crippen molar-refractivity contribution in [1.82, 2.24) is 5.32 Å². The van der Waals surface area contributed by atoms with Crippen LogP contribution >= 0.6 is 0 Å². The van der Waals surface area contributed by atoms with E-state index in [9.17, 15) is 0 Å². The topological polar surface area (TPSA) is 15.3 Å². The third-order valence-electron chi connectivity index (χ3n) is 3.71. The van der Waals surface area contributed by atoms with Crippen molar-refractivity contribution >= 4 is 5.69 Å². The van der Waals surface area contributed by atoms with Crippen molar-refractivity contribution in [2.45, 2.75) is 45.6 Å². The molecule has 0 amide bonds. The van der Waals surface area contributed by atoms with Gasteiger partial charge in [0.25, 0.3) is 0 Å². The fourth-order valence-corrected chi connectivity index (χ4v) is 2.67. The molecule has 0 radical (unpaired) electrons. The Balaban J connectivity index is 1.88. The van der Waals surface area contributed by atoms with Gasteiger partial charge in [0.05, 0.1) is 0 Å². The molecule has 1 aromatic carbocycles. The Morgan fingerprint density at radius 2 is 1.94 bits per heavy atom. The number of rotatable bonds is 6. The largest absolute Gasteiger partial charge is 0.370 e. The second kappa shape index (κ2) is 6.79. The minimum Gasteiger partial charge on any atom is -0.370 e. The predicted molar refractivity (Wildman–Crippen MR) is 79.3 cm³/mol. The lowest BCUT2D eigenvalue weighted by atomic mass is 10.1. The molecule has 100 valence electrons. The van der Waals surface area contributed by atoms with Gasteiger partial charge in [-0.2, -0.15) is 0 Å². The van der Waals surface area contributed by atoms with Crippen molar-refractivity contribution in [2.24, 2.45) is 0 Å². The Hall–Kier alpha value is -1.02. The summed E-state index contributed by atoms with van der Waals surface area (Å²) in [5.41, 5.74) is 2.84. The number of anilines is 1. The molecular formula is C16H26N2. The van der Waals surface area contributed by atoms with E-state index in [2.05, 4.69) is 48.3 Å². The first-order valence-electron chi connectivity index (χ1n) is 7.40. The van der Waals surface area contributed by atoms with E-state index in [4.69, 9.17) is 0 Å². The number of nitrogens with one attached hydrogen (secondary N) is 1. The third kappa shape index (κ3) is 3.49. The summed E-state index contributed by atoms with van der Waals surface area (Å²) in [4.78, 5) is 2.50. The number of nitrogens with zero attached hydrogens (tertiary/aromatic N) is 1. The van der Waals surface area contributed by atoms with Gasteiger partial charge < -0.3 is 10.2 Å². The summed E-state index contributed by atoms with van der Waals surface area (Å²) in [5, 5.41) is 3.62. The van der Waals surface area contributed by atoms with E-state index in [-0.39, 0.29) is 0 Å². The van der Waals surface area contributed by atoms with Crippen molar-refractivity contribution < 1.29 is 0 Å². The van der Waals surface area contributed by atoms with E-state index in [0.29, 0.717) is 6.04 Å². The first-order valence-corrected chi connectivity index (χ1v) is 7.40. The summed E-state index contributed by atoms with van der Waals surface area (Å²) in [7, 11) is 0. The van der Waals surface area contributed by atoms with Crippen molar-refractivity contribution in [3.63, 3.8) is 0 Å². The first-order chi connectivity index (χ1) is 8.83. The van der Waals surface area contributed by atoms with Crippen LogP contribution in [-0.2, 0) is 6.42 Å². The Kier molecular flexibility index (Phi) is 5.06. The maximum Gasteiger partial charge on any atom is 0.0366 e. The molecule has 2 heteroatoms. The van der Waals surface area contributed by atoms with Crippen molar-refractivity contribution in [3.8, 4) is 0 Å². The smallest absolute Gasteiger partial charge is 0.0366 e. The second-order valence-electron chi connectivity index (χ2n) is 5.30. The number of benzene rings is 1. The van der Waals surface area contributed by atoms with E-state index >= 15 is 0 Å². The van der Waals surface area contributed by atoms with Crippen LogP contribution in [0.25, 0.3) is 0 Å². The summed E-state index contributed by atoms with van der Waals surface area (Å²) < 4.78 is 0. The minimum atomic E-state index is 0.681.